The maximum absolute atomic E-state index is 12.7. The van der Waals surface area contributed by atoms with Gasteiger partial charge in [0, 0.05) is 43.0 Å². The minimum atomic E-state index is -0.607. The second-order valence-electron chi connectivity index (χ2n) is 9.77. The van der Waals surface area contributed by atoms with E-state index in [2.05, 4.69) is 26.5 Å². The maximum Gasteiger partial charge on any atom is 0.414 e. The van der Waals surface area contributed by atoms with Gasteiger partial charge in [-0.2, -0.15) is 10.4 Å². The van der Waals surface area contributed by atoms with Crippen molar-refractivity contribution in [3.05, 3.63) is 47.3 Å². The first-order chi connectivity index (χ1) is 16.2. The first-order valence-corrected chi connectivity index (χ1v) is 11.4. The van der Waals surface area contributed by atoms with Gasteiger partial charge in [-0.05, 0) is 63.8 Å². The molecule has 9 nitrogen and oxygen atoms in total. The van der Waals surface area contributed by atoms with Crippen LogP contribution in [0.15, 0.2) is 30.5 Å². The van der Waals surface area contributed by atoms with E-state index in [0.29, 0.717) is 47.6 Å². The number of ether oxygens (including phenoxy) is 1. The third-order valence-corrected chi connectivity index (χ3v) is 5.90. The summed E-state index contributed by atoms with van der Waals surface area (Å²) in [5.41, 5.74) is 4.05. The molecular weight excluding hydrogens is 430 g/mol. The lowest BCUT2D eigenvalue weighted by molar-refractivity contribution is 0.0584. The number of hydrogen-bond donors (Lipinski definition) is 1. The van der Waals surface area contributed by atoms with Crippen molar-refractivity contribution >= 4 is 23.5 Å². The molecule has 0 radical (unpaired) electrons. The monoisotopic (exact) mass is 457 g/mol. The molecule has 0 unspecified atom stereocenters. The lowest BCUT2D eigenvalue weighted by Crippen LogP contribution is -2.36. The van der Waals surface area contributed by atoms with Gasteiger partial charge in [-0.1, -0.05) is 0 Å². The lowest BCUT2D eigenvalue weighted by Gasteiger charge is -2.25. The van der Waals surface area contributed by atoms with Crippen LogP contribution >= 0.6 is 0 Å². The number of carbonyl (C=O) groups is 1. The molecule has 3 heterocycles. The first-order valence-electron chi connectivity index (χ1n) is 11.4. The van der Waals surface area contributed by atoms with E-state index in [4.69, 9.17) is 4.74 Å². The van der Waals surface area contributed by atoms with Crippen LogP contribution in [-0.2, 0) is 18.2 Å². The average molecular weight is 458 g/mol. The van der Waals surface area contributed by atoms with Crippen LogP contribution < -0.4 is 10.2 Å². The fraction of sp³-hybridized carbons (Fsp3) is 0.400. The predicted molar refractivity (Wildman–Crippen MR) is 128 cm³/mol. The van der Waals surface area contributed by atoms with Gasteiger partial charge in [-0.15, -0.1) is 0 Å². The summed E-state index contributed by atoms with van der Waals surface area (Å²) in [6.45, 7) is 5.96. The SMILES string of the molecule is Cn1nc(Nc2nccc(-c3cc(C#N)c4c(c3)CCN4C(=O)OC(C)(C)C)n2)cc1C1CC1. The molecule has 1 amide bonds. The molecule has 0 bridgehead atoms. The summed E-state index contributed by atoms with van der Waals surface area (Å²) in [6, 6.07) is 9.84. The summed E-state index contributed by atoms with van der Waals surface area (Å²) in [7, 11) is 1.95. The smallest absolute Gasteiger partial charge is 0.414 e. The van der Waals surface area contributed by atoms with E-state index < -0.39 is 11.7 Å². The summed E-state index contributed by atoms with van der Waals surface area (Å²) in [4.78, 5) is 23.2. The van der Waals surface area contributed by atoms with Gasteiger partial charge in [0.25, 0.3) is 0 Å². The van der Waals surface area contributed by atoms with Crippen LogP contribution in [0.2, 0.25) is 0 Å². The third kappa shape index (κ3) is 4.31. The third-order valence-electron chi connectivity index (χ3n) is 5.90. The molecular formula is C25H27N7O2. The normalized spacial score (nSPS) is 15.1. The highest BCUT2D eigenvalue weighted by molar-refractivity contribution is 5.93. The predicted octanol–water partition coefficient (Wildman–Crippen LogP) is 4.67. The van der Waals surface area contributed by atoms with Crippen molar-refractivity contribution < 1.29 is 9.53 Å². The van der Waals surface area contributed by atoms with Gasteiger partial charge < -0.3 is 10.1 Å². The molecule has 0 saturated heterocycles. The van der Waals surface area contributed by atoms with Crippen molar-refractivity contribution in [1.82, 2.24) is 19.7 Å². The van der Waals surface area contributed by atoms with Crippen molar-refractivity contribution in [2.75, 3.05) is 16.8 Å². The van der Waals surface area contributed by atoms with Crippen LogP contribution in [0.3, 0.4) is 0 Å². The number of aryl methyl sites for hydroxylation is 1. The number of carbonyl (C=O) groups excluding carboxylic acids is 1. The van der Waals surface area contributed by atoms with Gasteiger partial charge in [0.2, 0.25) is 5.95 Å². The number of rotatable bonds is 4. The van der Waals surface area contributed by atoms with E-state index in [0.717, 1.165) is 11.1 Å². The number of anilines is 3. The van der Waals surface area contributed by atoms with Crippen molar-refractivity contribution in [2.45, 2.75) is 51.6 Å². The van der Waals surface area contributed by atoms with Crippen molar-refractivity contribution in [3.63, 3.8) is 0 Å². The number of benzene rings is 1. The Balaban J connectivity index is 1.42. The van der Waals surface area contributed by atoms with Crippen molar-refractivity contribution in [1.29, 1.82) is 5.26 Å². The number of nitrogens with zero attached hydrogens (tertiary/aromatic N) is 6. The Kier molecular flexibility index (Phi) is 5.24. The fourth-order valence-electron chi connectivity index (χ4n) is 4.28. The summed E-state index contributed by atoms with van der Waals surface area (Å²) >= 11 is 0. The Morgan fingerprint density at radius 3 is 2.76 bits per heavy atom. The molecule has 1 fully saturated rings. The van der Waals surface area contributed by atoms with E-state index in [1.54, 1.807) is 17.2 Å². The molecule has 0 atom stereocenters. The number of amides is 1. The second kappa shape index (κ2) is 8.13. The van der Waals surface area contributed by atoms with Crippen LogP contribution in [0.5, 0.6) is 0 Å². The lowest BCUT2D eigenvalue weighted by atomic mass is 10.0. The summed E-state index contributed by atoms with van der Waals surface area (Å²) in [5.74, 6) is 1.74. The van der Waals surface area contributed by atoms with E-state index in [-0.39, 0.29) is 0 Å². The fourth-order valence-corrected chi connectivity index (χ4v) is 4.28. The number of hydrogen-bond acceptors (Lipinski definition) is 7. The summed E-state index contributed by atoms with van der Waals surface area (Å²) in [6.07, 6.45) is 4.29. The van der Waals surface area contributed by atoms with Gasteiger partial charge >= 0.3 is 6.09 Å². The van der Waals surface area contributed by atoms with Crippen LogP contribution in [0.4, 0.5) is 22.2 Å². The first kappa shape index (κ1) is 21.9. The summed E-state index contributed by atoms with van der Waals surface area (Å²) < 4.78 is 7.44. The largest absolute Gasteiger partial charge is 0.443 e. The highest BCUT2D eigenvalue weighted by atomic mass is 16.6. The van der Waals surface area contributed by atoms with Crippen molar-refractivity contribution in [3.8, 4) is 17.3 Å². The van der Waals surface area contributed by atoms with Gasteiger partial charge in [-0.25, -0.2) is 14.8 Å². The highest BCUT2D eigenvalue weighted by Crippen LogP contribution is 2.41. The molecule has 2 aromatic heterocycles. The molecule has 34 heavy (non-hydrogen) atoms. The Morgan fingerprint density at radius 2 is 2.06 bits per heavy atom. The Hall–Kier alpha value is -3.93. The zero-order valence-corrected chi connectivity index (χ0v) is 19.8. The Morgan fingerprint density at radius 1 is 1.26 bits per heavy atom. The molecule has 1 aliphatic heterocycles. The molecule has 1 N–H and O–H groups in total. The van der Waals surface area contributed by atoms with E-state index in [1.807, 2.05) is 50.7 Å². The topological polar surface area (TPSA) is 109 Å². The second-order valence-corrected chi connectivity index (χ2v) is 9.77. The molecule has 1 saturated carbocycles. The van der Waals surface area contributed by atoms with Crippen LogP contribution in [-0.4, -0.2) is 38.0 Å². The number of nitrogens with one attached hydrogen (secondary N) is 1. The van der Waals surface area contributed by atoms with Gasteiger partial charge in [-0.3, -0.25) is 9.58 Å². The molecule has 3 aromatic rings. The Bertz CT molecular complexity index is 1310. The van der Waals surface area contributed by atoms with Crippen LogP contribution in [0.25, 0.3) is 11.3 Å². The highest BCUT2D eigenvalue weighted by Gasteiger charge is 2.32. The molecule has 9 heteroatoms. The molecule has 0 spiro atoms. The maximum atomic E-state index is 12.7. The van der Waals surface area contributed by atoms with E-state index in [9.17, 15) is 10.1 Å². The van der Waals surface area contributed by atoms with Gasteiger partial charge in [0.1, 0.15) is 11.7 Å². The standard InChI is InChI=1S/C25H27N7O2/c1-25(2,3)34-24(33)32-10-8-16-11-17(12-18(14-26)22(16)32)19-7-9-27-23(28-19)29-21-13-20(15-5-6-15)31(4)30-21/h7,9,11-13,15H,5-6,8,10H2,1-4H3,(H,27,28,29,30). The van der Waals surface area contributed by atoms with E-state index >= 15 is 0 Å². The minimum absolute atomic E-state index is 0.419. The molecule has 5 rings (SSSR count). The number of nitriles is 1. The number of aromatic nitrogens is 4. The van der Waals surface area contributed by atoms with Crippen molar-refractivity contribution in [2.24, 2.45) is 7.05 Å². The molecule has 2 aliphatic rings. The van der Waals surface area contributed by atoms with E-state index in [1.165, 1.54) is 18.5 Å². The van der Waals surface area contributed by atoms with Crippen LogP contribution in [0, 0.1) is 11.3 Å². The molecule has 1 aliphatic carbocycles. The van der Waals surface area contributed by atoms with Crippen LogP contribution in [0.1, 0.15) is 56.4 Å². The summed E-state index contributed by atoms with van der Waals surface area (Å²) in [5, 5.41) is 17.6. The van der Waals surface area contributed by atoms with Gasteiger partial charge in [0.15, 0.2) is 5.82 Å². The zero-order chi connectivity index (χ0) is 24.0. The average Bonchev–Trinajstić information content (AvgIpc) is 3.42. The Labute approximate surface area is 198 Å². The zero-order valence-electron chi connectivity index (χ0n) is 19.8. The quantitative estimate of drug-likeness (QED) is 0.606. The van der Waals surface area contributed by atoms with Gasteiger partial charge in [0.05, 0.1) is 16.9 Å². The minimum Gasteiger partial charge on any atom is -0.443 e. The molecule has 174 valence electrons. The molecule has 1 aromatic carbocycles. The number of fused-ring (bicyclic) bond motifs is 1.